The van der Waals surface area contributed by atoms with Gasteiger partial charge in [-0.15, -0.1) is 0 Å². The lowest BCUT2D eigenvalue weighted by Crippen LogP contribution is -2.39. The first-order chi connectivity index (χ1) is 13.5. The van der Waals surface area contributed by atoms with Crippen LogP contribution in [0.4, 0.5) is 14.9 Å². The lowest BCUT2D eigenvalue weighted by Gasteiger charge is -2.24. The number of hydrogen-bond donors (Lipinski definition) is 1. The average molecular weight is 444 g/mol. The number of halogens is 1. The van der Waals surface area contributed by atoms with E-state index in [1.807, 2.05) is 0 Å². The van der Waals surface area contributed by atoms with Crippen LogP contribution < -0.4 is 10.2 Å². The third-order valence-corrected chi connectivity index (χ3v) is 7.39. The number of carbonyl (C=O) groups is 2. The fourth-order valence-electron chi connectivity index (χ4n) is 3.10. The maximum absolute atomic E-state index is 14.4. The fraction of sp³-hybridized carbons (Fsp3) is 0.500. The molecule has 29 heavy (non-hydrogen) atoms. The Kier molecular flexibility index (Phi) is 5.91. The van der Waals surface area contributed by atoms with Crippen LogP contribution in [-0.2, 0) is 19.4 Å². The van der Waals surface area contributed by atoms with E-state index < -0.39 is 45.8 Å². The van der Waals surface area contributed by atoms with Crippen LogP contribution in [0.25, 0.3) is 0 Å². The maximum Gasteiger partial charge on any atom is 0.408 e. The standard InChI is InChI=1S/C18H22FN3O5S2/c1-18(2,3)27-17(24)20-8-15(23)21-16-22(12-7-5-4-6-11(12)19)13-9-29(25,26)10-14(13)28-16/h4-7,13-14H,8-10H2,1-3H3,(H,20,24). The van der Waals surface area contributed by atoms with Crippen molar-refractivity contribution in [2.75, 3.05) is 23.0 Å². The van der Waals surface area contributed by atoms with Gasteiger partial charge in [0.2, 0.25) is 0 Å². The number of carbonyl (C=O) groups excluding carboxylic acids is 2. The molecule has 1 aromatic carbocycles. The predicted molar refractivity (Wildman–Crippen MR) is 109 cm³/mol. The second kappa shape index (κ2) is 7.94. The number of hydrogen-bond acceptors (Lipinski definition) is 6. The Morgan fingerprint density at radius 2 is 2.00 bits per heavy atom. The number of thioether (sulfide) groups is 1. The highest BCUT2D eigenvalue weighted by atomic mass is 32.2. The third-order valence-electron chi connectivity index (χ3n) is 4.18. The first-order valence-electron chi connectivity index (χ1n) is 8.94. The number of sulfone groups is 1. The monoisotopic (exact) mass is 443 g/mol. The summed E-state index contributed by atoms with van der Waals surface area (Å²) < 4.78 is 43.5. The number of amidine groups is 1. The molecule has 0 bridgehead atoms. The summed E-state index contributed by atoms with van der Waals surface area (Å²) in [4.78, 5) is 29.4. The van der Waals surface area contributed by atoms with Crippen molar-refractivity contribution in [3.63, 3.8) is 0 Å². The van der Waals surface area contributed by atoms with E-state index in [-0.39, 0.29) is 27.6 Å². The fourth-order valence-corrected chi connectivity index (χ4v) is 7.03. The van der Waals surface area contributed by atoms with E-state index in [0.717, 1.165) is 11.8 Å². The number of ether oxygens (including phenoxy) is 1. The minimum atomic E-state index is -3.25. The molecule has 0 saturated carbocycles. The van der Waals surface area contributed by atoms with Crippen molar-refractivity contribution in [1.29, 1.82) is 0 Å². The molecule has 2 saturated heterocycles. The van der Waals surface area contributed by atoms with Crippen molar-refractivity contribution >= 4 is 44.5 Å². The van der Waals surface area contributed by atoms with E-state index in [0.29, 0.717) is 0 Å². The number of benzene rings is 1. The zero-order chi connectivity index (χ0) is 21.4. The minimum Gasteiger partial charge on any atom is -0.444 e. The highest BCUT2D eigenvalue weighted by Gasteiger charge is 2.49. The van der Waals surface area contributed by atoms with E-state index in [1.165, 1.54) is 23.1 Å². The van der Waals surface area contributed by atoms with Gasteiger partial charge in [0.25, 0.3) is 5.91 Å². The van der Waals surface area contributed by atoms with Gasteiger partial charge in [0.05, 0.1) is 23.2 Å². The topological polar surface area (TPSA) is 105 Å². The number of aliphatic imine (C=N–C) groups is 1. The van der Waals surface area contributed by atoms with Crippen molar-refractivity contribution in [3.8, 4) is 0 Å². The van der Waals surface area contributed by atoms with Gasteiger partial charge in [-0.2, -0.15) is 4.99 Å². The van der Waals surface area contributed by atoms with Crippen LogP contribution in [0.5, 0.6) is 0 Å². The number of nitrogens with zero attached hydrogens (tertiary/aromatic N) is 2. The van der Waals surface area contributed by atoms with Crippen LogP contribution in [0.3, 0.4) is 0 Å². The Morgan fingerprint density at radius 3 is 2.66 bits per heavy atom. The molecular formula is C18H22FN3O5S2. The first kappa shape index (κ1) is 21.6. The normalized spacial score (nSPS) is 24.4. The molecule has 0 spiro atoms. The molecule has 1 aromatic rings. The zero-order valence-corrected chi connectivity index (χ0v) is 17.8. The van der Waals surface area contributed by atoms with Gasteiger partial charge < -0.3 is 15.0 Å². The number of amides is 2. The SMILES string of the molecule is CC(C)(C)OC(=O)NCC(=O)N=C1SC2CS(=O)(=O)CC2N1c1ccccc1F. The van der Waals surface area contributed by atoms with Crippen LogP contribution in [0.1, 0.15) is 20.8 Å². The van der Waals surface area contributed by atoms with E-state index >= 15 is 0 Å². The van der Waals surface area contributed by atoms with Crippen molar-refractivity contribution in [3.05, 3.63) is 30.1 Å². The van der Waals surface area contributed by atoms with E-state index in [9.17, 15) is 22.4 Å². The second-order valence-corrected chi connectivity index (χ2v) is 11.1. The Balaban J connectivity index is 1.79. The molecule has 2 amide bonds. The number of rotatable bonds is 3. The predicted octanol–water partition coefficient (Wildman–Crippen LogP) is 1.95. The molecule has 2 aliphatic rings. The number of nitrogens with one attached hydrogen (secondary N) is 1. The molecule has 2 aliphatic heterocycles. The summed E-state index contributed by atoms with van der Waals surface area (Å²) in [5, 5.41) is 2.20. The molecule has 11 heteroatoms. The van der Waals surface area contributed by atoms with Crippen LogP contribution in [-0.4, -0.2) is 60.5 Å². The summed E-state index contributed by atoms with van der Waals surface area (Å²) >= 11 is 1.13. The number of alkyl carbamates (subject to hydrolysis) is 1. The molecule has 2 unspecified atom stereocenters. The number of anilines is 1. The van der Waals surface area contributed by atoms with Gasteiger partial charge in [-0.1, -0.05) is 23.9 Å². The summed E-state index contributed by atoms with van der Waals surface area (Å²) in [5.74, 6) is -1.38. The van der Waals surface area contributed by atoms with Gasteiger partial charge in [0.1, 0.15) is 18.0 Å². The van der Waals surface area contributed by atoms with Crippen LogP contribution in [0, 0.1) is 5.82 Å². The highest BCUT2D eigenvalue weighted by Crippen LogP contribution is 2.41. The number of fused-ring (bicyclic) bond motifs is 1. The molecule has 0 aromatic heterocycles. The molecule has 3 rings (SSSR count). The first-order valence-corrected chi connectivity index (χ1v) is 11.6. The summed E-state index contributed by atoms with van der Waals surface area (Å²) in [7, 11) is -3.25. The molecule has 2 atom stereocenters. The Morgan fingerprint density at radius 1 is 1.31 bits per heavy atom. The van der Waals surface area contributed by atoms with Crippen molar-refractivity contribution in [2.45, 2.75) is 37.7 Å². The van der Waals surface area contributed by atoms with Gasteiger partial charge in [-0.05, 0) is 32.9 Å². The molecule has 2 heterocycles. The molecular weight excluding hydrogens is 421 g/mol. The number of para-hydroxylation sites is 1. The Bertz CT molecular complexity index is 958. The lowest BCUT2D eigenvalue weighted by molar-refractivity contribution is -0.117. The van der Waals surface area contributed by atoms with Gasteiger partial charge in [0, 0.05) is 5.25 Å². The van der Waals surface area contributed by atoms with Gasteiger partial charge in [-0.25, -0.2) is 17.6 Å². The Hall–Kier alpha value is -2.14. The molecule has 2 fully saturated rings. The Labute approximate surface area is 172 Å². The largest absolute Gasteiger partial charge is 0.444 e. The zero-order valence-electron chi connectivity index (χ0n) is 16.2. The van der Waals surface area contributed by atoms with Crippen molar-refractivity contribution in [1.82, 2.24) is 5.32 Å². The smallest absolute Gasteiger partial charge is 0.408 e. The van der Waals surface area contributed by atoms with Crippen LogP contribution in [0.15, 0.2) is 29.3 Å². The molecule has 0 aliphatic carbocycles. The van der Waals surface area contributed by atoms with E-state index in [1.54, 1.807) is 26.8 Å². The van der Waals surface area contributed by atoms with Crippen LogP contribution in [0.2, 0.25) is 0 Å². The highest BCUT2D eigenvalue weighted by molar-refractivity contribution is 8.16. The van der Waals surface area contributed by atoms with Gasteiger partial charge in [0.15, 0.2) is 15.0 Å². The quantitative estimate of drug-likeness (QED) is 0.761. The average Bonchev–Trinajstić information content (AvgIpc) is 3.03. The van der Waals surface area contributed by atoms with Gasteiger partial charge in [-0.3, -0.25) is 4.79 Å². The van der Waals surface area contributed by atoms with Crippen LogP contribution >= 0.6 is 11.8 Å². The molecule has 8 nitrogen and oxygen atoms in total. The van der Waals surface area contributed by atoms with Gasteiger partial charge >= 0.3 is 6.09 Å². The van der Waals surface area contributed by atoms with E-state index in [4.69, 9.17) is 4.74 Å². The van der Waals surface area contributed by atoms with Crippen molar-refractivity contribution < 1.29 is 27.1 Å². The second-order valence-electron chi connectivity index (χ2n) is 7.77. The summed E-state index contributed by atoms with van der Waals surface area (Å²) in [6, 6.07) is 5.43. The summed E-state index contributed by atoms with van der Waals surface area (Å²) in [6.45, 7) is 4.70. The molecule has 1 N–H and O–H groups in total. The summed E-state index contributed by atoms with van der Waals surface area (Å²) in [5.41, 5.74) is -0.540. The maximum atomic E-state index is 14.4. The van der Waals surface area contributed by atoms with Crippen molar-refractivity contribution in [2.24, 2.45) is 4.99 Å². The molecule has 0 radical (unpaired) electrons. The minimum absolute atomic E-state index is 0.0589. The summed E-state index contributed by atoms with van der Waals surface area (Å²) in [6.07, 6.45) is -0.751. The van der Waals surface area contributed by atoms with E-state index in [2.05, 4.69) is 10.3 Å². The lowest BCUT2D eigenvalue weighted by atomic mass is 10.2. The molecule has 158 valence electrons. The third kappa shape index (κ3) is 5.27.